The summed E-state index contributed by atoms with van der Waals surface area (Å²) in [5, 5.41) is 11.0. The Morgan fingerprint density at radius 3 is 3.10 bits per heavy atom. The number of nitrogens with zero attached hydrogens (tertiary/aromatic N) is 2. The molecule has 1 atom stereocenters. The third-order valence-corrected chi connectivity index (χ3v) is 4.88. The van der Waals surface area contributed by atoms with Crippen LogP contribution in [0.1, 0.15) is 26.7 Å². The van der Waals surface area contributed by atoms with Gasteiger partial charge in [0, 0.05) is 12.6 Å². The molecule has 1 aromatic rings. The average Bonchev–Trinajstić information content (AvgIpc) is 2.44. The summed E-state index contributed by atoms with van der Waals surface area (Å²) in [6.45, 7) is 10.4. The number of piperidine rings is 1. The lowest BCUT2D eigenvalue weighted by atomic mass is 9.77. The summed E-state index contributed by atoms with van der Waals surface area (Å²) in [5.41, 5.74) is 0.849. The molecule has 2 N–H and O–H groups in total. The summed E-state index contributed by atoms with van der Waals surface area (Å²) in [4.78, 5) is 12.1. The van der Waals surface area contributed by atoms with Crippen LogP contribution in [0.3, 0.4) is 0 Å². The van der Waals surface area contributed by atoms with Gasteiger partial charge in [-0.3, -0.25) is 4.79 Å². The molecule has 1 aromatic heterocycles. The van der Waals surface area contributed by atoms with E-state index in [0.29, 0.717) is 17.1 Å². The van der Waals surface area contributed by atoms with E-state index in [1.165, 1.54) is 17.5 Å². The third-order valence-electron chi connectivity index (χ3n) is 4.12. The normalized spacial score (nSPS) is 21.0. The minimum Gasteiger partial charge on any atom is -0.381 e. The molecule has 0 spiro atoms. The standard InChI is InChI=1S/C15H23BrN4O/c1-4-8-20-14(21)13(16)11(9-19-20)18-10-12-15(2,3)6-5-7-17-12/h4,9,12,17-18H,1,5-8,10H2,2-3H3. The predicted molar refractivity (Wildman–Crippen MR) is 89.7 cm³/mol. The van der Waals surface area contributed by atoms with Crippen LogP contribution in [0, 0.1) is 5.41 Å². The van der Waals surface area contributed by atoms with Crippen LogP contribution in [0.15, 0.2) is 28.1 Å². The molecule has 21 heavy (non-hydrogen) atoms. The maximum Gasteiger partial charge on any atom is 0.283 e. The average molecular weight is 355 g/mol. The summed E-state index contributed by atoms with van der Waals surface area (Å²) in [6.07, 6.45) is 5.77. The van der Waals surface area contributed by atoms with Gasteiger partial charge in [-0.1, -0.05) is 19.9 Å². The van der Waals surface area contributed by atoms with Gasteiger partial charge >= 0.3 is 0 Å². The summed E-state index contributed by atoms with van der Waals surface area (Å²) in [5.74, 6) is 0. The van der Waals surface area contributed by atoms with E-state index in [2.05, 4.69) is 52.1 Å². The molecule has 6 heteroatoms. The number of halogens is 1. The van der Waals surface area contributed by atoms with Gasteiger partial charge in [0.05, 0.1) is 18.4 Å². The van der Waals surface area contributed by atoms with Crippen molar-refractivity contribution in [1.29, 1.82) is 0 Å². The van der Waals surface area contributed by atoms with Crippen LogP contribution in [0.25, 0.3) is 0 Å². The summed E-state index contributed by atoms with van der Waals surface area (Å²) in [6, 6.07) is 0.383. The van der Waals surface area contributed by atoms with Crippen LogP contribution in [0.4, 0.5) is 5.69 Å². The van der Waals surface area contributed by atoms with Crippen LogP contribution in [0.2, 0.25) is 0 Å². The van der Waals surface area contributed by atoms with Crippen molar-refractivity contribution >= 4 is 21.6 Å². The molecule has 1 aliphatic heterocycles. The number of nitrogens with one attached hydrogen (secondary N) is 2. The van der Waals surface area contributed by atoms with Gasteiger partial charge in [-0.2, -0.15) is 5.10 Å². The quantitative estimate of drug-likeness (QED) is 0.797. The van der Waals surface area contributed by atoms with Gasteiger partial charge in [-0.05, 0) is 40.7 Å². The highest BCUT2D eigenvalue weighted by atomic mass is 79.9. The summed E-state index contributed by atoms with van der Waals surface area (Å²) in [7, 11) is 0. The van der Waals surface area contributed by atoms with Gasteiger partial charge in [0.1, 0.15) is 4.47 Å². The Bertz CT molecular complexity index is 567. The fraction of sp³-hybridized carbons (Fsp3) is 0.600. The van der Waals surface area contributed by atoms with E-state index in [1.54, 1.807) is 12.3 Å². The SMILES string of the molecule is C=CCn1ncc(NCC2NCCCC2(C)C)c(Br)c1=O. The Morgan fingerprint density at radius 2 is 2.43 bits per heavy atom. The van der Waals surface area contributed by atoms with E-state index in [1.807, 2.05) is 0 Å². The lowest BCUT2D eigenvalue weighted by Crippen LogP contribution is -2.50. The predicted octanol–water partition coefficient (Wildman–Crippen LogP) is 2.38. The number of hydrogen-bond donors (Lipinski definition) is 2. The number of anilines is 1. The molecule has 1 aliphatic rings. The summed E-state index contributed by atoms with van der Waals surface area (Å²) < 4.78 is 1.90. The van der Waals surface area contributed by atoms with E-state index in [-0.39, 0.29) is 11.0 Å². The molecule has 0 aliphatic carbocycles. The smallest absolute Gasteiger partial charge is 0.283 e. The molecule has 2 rings (SSSR count). The fourth-order valence-corrected chi connectivity index (χ4v) is 3.12. The van der Waals surface area contributed by atoms with Crippen molar-refractivity contribution in [3.8, 4) is 0 Å². The third kappa shape index (κ3) is 3.74. The Labute approximate surface area is 133 Å². The van der Waals surface area contributed by atoms with E-state index < -0.39 is 0 Å². The second kappa shape index (κ2) is 6.75. The maximum absolute atomic E-state index is 12.1. The zero-order valence-corrected chi connectivity index (χ0v) is 14.2. The first kappa shape index (κ1) is 16.2. The first-order chi connectivity index (χ1) is 9.95. The molecule has 0 amide bonds. The van der Waals surface area contributed by atoms with Crippen molar-refractivity contribution in [3.05, 3.63) is 33.7 Å². The highest BCUT2D eigenvalue weighted by Gasteiger charge is 2.31. The van der Waals surface area contributed by atoms with Crippen LogP contribution in [-0.4, -0.2) is 28.9 Å². The van der Waals surface area contributed by atoms with E-state index in [4.69, 9.17) is 0 Å². The molecular formula is C15H23BrN4O. The van der Waals surface area contributed by atoms with Crippen LogP contribution < -0.4 is 16.2 Å². The van der Waals surface area contributed by atoms with E-state index in [0.717, 1.165) is 18.8 Å². The molecule has 0 radical (unpaired) electrons. The van der Waals surface area contributed by atoms with Crippen molar-refractivity contribution in [2.45, 2.75) is 39.3 Å². The number of hydrogen-bond acceptors (Lipinski definition) is 4. The molecule has 0 bridgehead atoms. The molecule has 5 nitrogen and oxygen atoms in total. The second-order valence-electron chi connectivity index (χ2n) is 6.13. The van der Waals surface area contributed by atoms with Gasteiger partial charge in [-0.25, -0.2) is 4.68 Å². The number of rotatable bonds is 5. The van der Waals surface area contributed by atoms with Crippen LogP contribution in [0.5, 0.6) is 0 Å². The van der Waals surface area contributed by atoms with Crippen molar-refractivity contribution in [2.24, 2.45) is 5.41 Å². The topological polar surface area (TPSA) is 59.0 Å². The zero-order valence-electron chi connectivity index (χ0n) is 12.7. The minimum absolute atomic E-state index is 0.143. The van der Waals surface area contributed by atoms with Gasteiger partial charge in [0.25, 0.3) is 5.56 Å². The lowest BCUT2D eigenvalue weighted by molar-refractivity contribution is 0.188. The molecule has 116 valence electrons. The molecule has 0 saturated carbocycles. The Balaban J connectivity index is 2.08. The van der Waals surface area contributed by atoms with Crippen molar-refractivity contribution < 1.29 is 0 Å². The fourth-order valence-electron chi connectivity index (χ4n) is 2.67. The van der Waals surface area contributed by atoms with Crippen molar-refractivity contribution in [3.63, 3.8) is 0 Å². The second-order valence-corrected chi connectivity index (χ2v) is 6.92. The highest BCUT2D eigenvalue weighted by Crippen LogP contribution is 2.30. The largest absolute Gasteiger partial charge is 0.381 e. The molecule has 2 heterocycles. The Kier molecular flexibility index (Phi) is 5.22. The van der Waals surface area contributed by atoms with Crippen molar-refractivity contribution in [1.82, 2.24) is 15.1 Å². The van der Waals surface area contributed by atoms with Gasteiger partial charge in [0.15, 0.2) is 0 Å². The molecule has 1 unspecified atom stereocenters. The van der Waals surface area contributed by atoms with Crippen LogP contribution >= 0.6 is 15.9 Å². The first-order valence-corrected chi connectivity index (χ1v) is 8.09. The number of aromatic nitrogens is 2. The van der Waals surface area contributed by atoms with Gasteiger partial charge in [0.2, 0.25) is 0 Å². The van der Waals surface area contributed by atoms with E-state index in [9.17, 15) is 4.79 Å². The minimum atomic E-state index is -0.143. The molecule has 0 aromatic carbocycles. The first-order valence-electron chi connectivity index (χ1n) is 7.29. The van der Waals surface area contributed by atoms with Crippen molar-refractivity contribution in [2.75, 3.05) is 18.4 Å². The lowest BCUT2D eigenvalue weighted by Gasteiger charge is -2.39. The highest BCUT2D eigenvalue weighted by molar-refractivity contribution is 9.10. The maximum atomic E-state index is 12.1. The number of allylic oxidation sites excluding steroid dienone is 1. The van der Waals surface area contributed by atoms with E-state index >= 15 is 0 Å². The Morgan fingerprint density at radius 1 is 1.67 bits per heavy atom. The zero-order chi connectivity index (χ0) is 15.5. The van der Waals surface area contributed by atoms with Crippen LogP contribution in [-0.2, 0) is 6.54 Å². The molecular weight excluding hydrogens is 332 g/mol. The van der Waals surface area contributed by atoms with Gasteiger partial charge in [-0.15, -0.1) is 6.58 Å². The Hall–Kier alpha value is -1.14. The summed E-state index contributed by atoms with van der Waals surface area (Å²) >= 11 is 3.36. The molecule has 1 saturated heterocycles. The monoisotopic (exact) mass is 354 g/mol. The van der Waals surface area contributed by atoms with Gasteiger partial charge < -0.3 is 10.6 Å². The molecule has 1 fully saturated rings.